The van der Waals surface area contributed by atoms with Gasteiger partial charge in [-0.15, -0.1) is 0 Å². The highest BCUT2D eigenvalue weighted by Crippen LogP contribution is 2.18. The van der Waals surface area contributed by atoms with Crippen molar-refractivity contribution in [1.82, 2.24) is 10.6 Å². The molecule has 0 bridgehead atoms. The summed E-state index contributed by atoms with van der Waals surface area (Å²) in [7, 11) is 0. The first-order valence-electron chi connectivity index (χ1n) is 14.0. The number of aliphatic hydroxyl groups is 1. The fourth-order valence-electron chi connectivity index (χ4n) is 4.20. The van der Waals surface area contributed by atoms with E-state index in [0.29, 0.717) is 6.42 Å². The second kappa shape index (κ2) is 19.7. The Morgan fingerprint density at radius 1 is 0.773 bits per heavy atom. The number of hydrogen-bond donors (Lipinski definition) is 8. The van der Waals surface area contributed by atoms with Crippen molar-refractivity contribution in [3.05, 3.63) is 0 Å². The van der Waals surface area contributed by atoms with Crippen molar-refractivity contribution in [2.75, 3.05) is 6.54 Å². The largest absolute Gasteiger partial charge is 0.481 e. The summed E-state index contributed by atoms with van der Waals surface area (Å²) in [6, 6.07) is -2.88. The van der Waals surface area contributed by atoms with Gasteiger partial charge in [-0.2, -0.15) is 0 Å². The Kier molecular flexibility index (Phi) is 17.7. The van der Waals surface area contributed by atoms with Crippen LogP contribution in [0.2, 0.25) is 0 Å². The molecule has 12 N–H and O–H groups in total. The Hall–Kier alpha value is -4.41. The van der Waals surface area contributed by atoms with Gasteiger partial charge in [-0.3, -0.25) is 38.6 Å². The number of primary amides is 2. The number of aliphatic hydroxyl groups excluding tert-OH is 1. The quantitative estimate of drug-likeness (QED) is 0.0328. The molecular weight excluding hydrogens is 582 g/mol. The van der Waals surface area contributed by atoms with Gasteiger partial charge in [0.15, 0.2) is 17.5 Å². The molecule has 0 aliphatic heterocycles. The maximum Gasteiger partial charge on any atom is 0.303 e. The first kappa shape index (κ1) is 39.6. The van der Waals surface area contributed by atoms with Crippen LogP contribution < -0.4 is 33.6 Å². The number of Topliss-reactive ketones (excluding diaryl/α,β-unsaturated/α-hetero) is 3. The molecule has 0 aliphatic rings. The van der Waals surface area contributed by atoms with Crippen LogP contribution in [0.25, 0.3) is 0 Å². The van der Waals surface area contributed by atoms with Gasteiger partial charge in [-0.1, -0.05) is 6.92 Å². The van der Waals surface area contributed by atoms with Gasteiger partial charge in [-0.05, 0) is 33.1 Å². The Balaban J connectivity index is 5.91. The number of carbonyl (C=O) groups is 8. The molecule has 0 fully saturated rings. The van der Waals surface area contributed by atoms with Gasteiger partial charge in [-0.25, -0.2) is 0 Å². The minimum absolute atomic E-state index is 0.154. The molecule has 0 aliphatic carbocycles. The van der Waals surface area contributed by atoms with Crippen LogP contribution in [0.4, 0.5) is 0 Å². The van der Waals surface area contributed by atoms with Crippen LogP contribution in [0.15, 0.2) is 4.99 Å². The van der Waals surface area contributed by atoms with Crippen molar-refractivity contribution in [3.63, 3.8) is 0 Å². The third kappa shape index (κ3) is 16.3. The molecule has 0 rings (SSSR count). The van der Waals surface area contributed by atoms with Crippen molar-refractivity contribution in [2.24, 2.45) is 45.7 Å². The molecule has 0 saturated heterocycles. The molecule has 0 unspecified atom stereocenters. The molecule has 0 aromatic heterocycles. The summed E-state index contributed by atoms with van der Waals surface area (Å²) in [5.41, 5.74) is 21.0. The van der Waals surface area contributed by atoms with Crippen LogP contribution in [0.1, 0.15) is 72.1 Å². The number of amides is 4. The van der Waals surface area contributed by atoms with E-state index in [9.17, 15) is 43.5 Å². The van der Waals surface area contributed by atoms with Crippen molar-refractivity contribution < 1.29 is 48.6 Å². The summed E-state index contributed by atoms with van der Waals surface area (Å²) in [6.07, 6.45) is -3.77. The number of guanidine groups is 1. The zero-order valence-electron chi connectivity index (χ0n) is 25.2. The predicted molar refractivity (Wildman–Crippen MR) is 156 cm³/mol. The first-order chi connectivity index (χ1) is 20.3. The Bertz CT molecular complexity index is 1100. The average molecular weight is 628 g/mol. The molecule has 17 nitrogen and oxygen atoms in total. The molecule has 6 atom stereocenters. The van der Waals surface area contributed by atoms with E-state index in [2.05, 4.69) is 15.6 Å². The molecule has 4 amide bonds. The van der Waals surface area contributed by atoms with Crippen molar-refractivity contribution in [1.29, 1.82) is 0 Å². The van der Waals surface area contributed by atoms with E-state index >= 15 is 0 Å². The van der Waals surface area contributed by atoms with Gasteiger partial charge in [0.1, 0.15) is 5.78 Å². The first-order valence-corrected chi connectivity index (χ1v) is 14.0. The Morgan fingerprint density at radius 2 is 1.34 bits per heavy atom. The third-order valence-electron chi connectivity index (χ3n) is 6.71. The minimum Gasteiger partial charge on any atom is -0.481 e. The zero-order chi connectivity index (χ0) is 34.1. The number of carbonyl (C=O) groups excluding carboxylic acids is 7. The highest BCUT2D eigenvalue weighted by molar-refractivity contribution is 5.97. The SMILES string of the molecule is CC(=O)C[C@@H](CCCN=C(N)N)C(=O)N[C@@H](CCC(=O)O)C(=O)C[C@H](C(=O)N[C@@H](CC(N)=O)C(=O)C[C@@H](C)C(N)=O)[C@@H](C)O. The fraction of sp³-hybridized carbons (Fsp3) is 0.667. The van der Waals surface area contributed by atoms with Crippen LogP contribution in [0.5, 0.6) is 0 Å². The van der Waals surface area contributed by atoms with Gasteiger partial charge < -0.3 is 48.6 Å². The zero-order valence-corrected chi connectivity index (χ0v) is 25.2. The molecule has 248 valence electrons. The van der Waals surface area contributed by atoms with Gasteiger partial charge >= 0.3 is 5.97 Å². The number of carboxylic acid groups (broad SMARTS) is 1. The summed E-state index contributed by atoms with van der Waals surface area (Å²) < 4.78 is 0. The molecule has 44 heavy (non-hydrogen) atoms. The second-order valence-corrected chi connectivity index (χ2v) is 10.8. The number of rotatable bonds is 23. The van der Waals surface area contributed by atoms with Gasteiger partial charge in [0, 0.05) is 44.1 Å². The van der Waals surface area contributed by atoms with Crippen LogP contribution in [-0.4, -0.2) is 87.9 Å². The summed E-state index contributed by atoms with van der Waals surface area (Å²) >= 11 is 0. The molecule has 0 aromatic rings. The molecule has 17 heteroatoms. The topological polar surface area (TPSA) is 318 Å². The lowest BCUT2D eigenvalue weighted by molar-refractivity contribution is -0.139. The number of nitrogens with two attached hydrogens (primary N) is 4. The maximum absolute atomic E-state index is 13.3. The van der Waals surface area contributed by atoms with Crippen LogP contribution in [0.3, 0.4) is 0 Å². The predicted octanol–water partition coefficient (Wildman–Crippen LogP) is -2.62. The normalized spacial score (nSPS) is 14.9. The smallest absolute Gasteiger partial charge is 0.303 e. The van der Waals surface area contributed by atoms with Crippen LogP contribution in [-0.2, 0) is 38.4 Å². The van der Waals surface area contributed by atoms with Crippen molar-refractivity contribution in [3.8, 4) is 0 Å². The number of carboxylic acids is 1. The van der Waals surface area contributed by atoms with Crippen LogP contribution in [0, 0.1) is 17.8 Å². The molecular formula is C27H45N7O10. The standard InChI is InChI=1S/C27H45N7O10/c1-13(24(29)42)9-20(37)19(12-22(28)39)34-26(44)17(15(3)36)11-21(38)18(6-7-23(40)41)33-25(43)16(10-14(2)35)5-4-8-32-27(30)31/h13,15-19,36H,4-12H2,1-3H3,(H2,28,39)(H2,29,42)(H,33,43)(H,34,44)(H,40,41)(H4,30,31,32)/t13-,15-,16-,17+,18+,19+/m1/s1. The van der Waals surface area contributed by atoms with E-state index < -0.39 is 103 Å². The molecule has 0 saturated carbocycles. The van der Waals surface area contributed by atoms with Crippen molar-refractivity contribution >= 4 is 52.9 Å². The van der Waals surface area contributed by atoms with E-state index in [4.69, 9.17) is 28.0 Å². The summed E-state index contributed by atoms with van der Waals surface area (Å²) in [5, 5.41) is 24.2. The Morgan fingerprint density at radius 3 is 1.82 bits per heavy atom. The van der Waals surface area contributed by atoms with Gasteiger partial charge in [0.2, 0.25) is 23.6 Å². The maximum atomic E-state index is 13.3. The number of ketones is 3. The van der Waals surface area contributed by atoms with E-state index in [0.717, 1.165) is 0 Å². The summed E-state index contributed by atoms with van der Waals surface area (Å²) in [4.78, 5) is 102. The van der Waals surface area contributed by atoms with E-state index in [-0.39, 0.29) is 37.6 Å². The average Bonchev–Trinajstić information content (AvgIpc) is 2.89. The van der Waals surface area contributed by atoms with E-state index in [1.807, 2.05) is 0 Å². The number of nitrogens with one attached hydrogen (secondary N) is 2. The third-order valence-corrected chi connectivity index (χ3v) is 6.71. The highest BCUT2D eigenvalue weighted by Gasteiger charge is 2.34. The lowest BCUT2D eigenvalue weighted by atomic mass is 9.90. The summed E-state index contributed by atoms with van der Waals surface area (Å²) in [6.45, 7) is 4.02. The Labute approximate surface area is 254 Å². The number of aliphatic imine (C=N–C) groups is 1. The van der Waals surface area contributed by atoms with E-state index in [1.54, 1.807) is 0 Å². The second-order valence-electron chi connectivity index (χ2n) is 10.8. The lowest BCUT2D eigenvalue weighted by Gasteiger charge is -2.26. The number of hydrogen-bond acceptors (Lipinski definition) is 10. The molecule has 0 aromatic carbocycles. The lowest BCUT2D eigenvalue weighted by Crippen LogP contribution is -2.50. The highest BCUT2D eigenvalue weighted by atomic mass is 16.4. The van der Waals surface area contributed by atoms with Gasteiger partial charge in [0.25, 0.3) is 0 Å². The van der Waals surface area contributed by atoms with E-state index in [1.165, 1.54) is 20.8 Å². The molecule has 0 spiro atoms. The molecule has 0 heterocycles. The van der Waals surface area contributed by atoms with Gasteiger partial charge in [0.05, 0.1) is 30.5 Å². The summed E-state index contributed by atoms with van der Waals surface area (Å²) in [5.74, 6) is -10.0. The monoisotopic (exact) mass is 627 g/mol. The number of nitrogens with zero attached hydrogens (tertiary/aromatic N) is 1. The van der Waals surface area contributed by atoms with Crippen molar-refractivity contribution in [2.45, 2.75) is 90.3 Å². The minimum atomic E-state index is -1.49. The number of aliphatic carboxylic acids is 1. The fourth-order valence-corrected chi connectivity index (χ4v) is 4.20. The van der Waals surface area contributed by atoms with Crippen LogP contribution >= 0.6 is 0 Å². The molecule has 0 radical (unpaired) electrons.